The van der Waals surface area contributed by atoms with Crippen molar-refractivity contribution in [1.29, 1.82) is 5.26 Å². The highest BCUT2D eigenvalue weighted by atomic mass is 16.2. The van der Waals surface area contributed by atoms with E-state index in [1.54, 1.807) is 48.5 Å². The summed E-state index contributed by atoms with van der Waals surface area (Å²) in [4.78, 5) is 36.8. The lowest BCUT2D eigenvalue weighted by Gasteiger charge is -2.21. The molecule has 0 aliphatic rings. The molecule has 0 saturated heterocycles. The number of nitrogens with one attached hydrogen (secondary N) is 1. The monoisotopic (exact) mass is 335 g/mol. The van der Waals surface area contributed by atoms with Crippen LogP contribution in [0.5, 0.6) is 0 Å². The molecular formula is C19H17N3O3. The predicted molar refractivity (Wildman–Crippen MR) is 94.3 cm³/mol. The number of nitrogens with zero attached hydrogens (tertiary/aromatic N) is 2. The molecule has 2 rings (SSSR count). The van der Waals surface area contributed by atoms with Gasteiger partial charge >= 0.3 is 0 Å². The standard InChI is InChI=1S/C19H17N3O3/c1-13(23)16-6-8-18(9-7-16)22(14(2)24)12-19(25)21-17-5-3-4-15(10-17)11-20/h3-10H,12H2,1-2H3,(H,21,25). The van der Waals surface area contributed by atoms with Crippen LogP contribution < -0.4 is 10.2 Å². The molecule has 0 bridgehead atoms. The number of rotatable bonds is 5. The second-order valence-corrected chi connectivity index (χ2v) is 5.45. The molecule has 126 valence electrons. The zero-order valence-electron chi connectivity index (χ0n) is 13.9. The smallest absolute Gasteiger partial charge is 0.244 e. The molecule has 1 N–H and O–H groups in total. The Labute approximate surface area is 145 Å². The zero-order valence-corrected chi connectivity index (χ0v) is 13.9. The number of amides is 2. The maximum atomic E-state index is 12.2. The van der Waals surface area contributed by atoms with Crippen molar-refractivity contribution in [3.8, 4) is 6.07 Å². The highest BCUT2D eigenvalue weighted by Gasteiger charge is 2.16. The third kappa shape index (κ3) is 4.75. The molecule has 0 atom stereocenters. The van der Waals surface area contributed by atoms with Crippen LogP contribution in [0.3, 0.4) is 0 Å². The molecule has 0 aliphatic carbocycles. The summed E-state index contributed by atoms with van der Waals surface area (Å²) in [6, 6.07) is 15.0. The van der Waals surface area contributed by atoms with Gasteiger partial charge in [0.15, 0.2) is 5.78 Å². The molecule has 0 fully saturated rings. The van der Waals surface area contributed by atoms with E-state index in [0.717, 1.165) is 0 Å². The molecule has 2 aromatic carbocycles. The molecule has 0 spiro atoms. The molecule has 2 aromatic rings. The van der Waals surface area contributed by atoms with Gasteiger partial charge in [-0.1, -0.05) is 6.07 Å². The molecule has 0 radical (unpaired) electrons. The molecule has 0 unspecified atom stereocenters. The quantitative estimate of drug-likeness (QED) is 0.851. The molecule has 6 heteroatoms. The van der Waals surface area contributed by atoms with Crippen LogP contribution in [0.1, 0.15) is 29.8 Å². The van der Waals surface area contributed by atoms with Gasteiger partial charge in [-0.05, 0) is 49.4 Å². The van der Waals surface area contributed by atoms with Crippen LogP contribution in [-0.4, -0.2) is 24.1 Å². The van der Waals surface area contributed by atoms with Crippen molar-refractivity contribution in [3.63, 3.8) is 0 Å². The topological polar surface area (TPSA) is 90.3 Å². The van der Waals surface area contributed by atoms with E-state index in [1.165, 1.54) is 18.7 Å². The zero-order chi connectivity index (χ0) is 18.4. The van der Waals surface area contributed by atoms with Crippen molar-refractivity contribution in [1.82, 2.24) is 0 Å². The van der Waals surface area contributed by atoms with E-state index in [2.05, 4.69) is 5.32 Å². The van der Waals surface area contributed by atoms with Gasteiger partial charge in [0.2, 0.25) is 11.8 Å². The number of Topliss-reactive ketones (excluding diaryl/α,β-unsaturated/α-hetero) is 1. The Morgan fingerprint density at radius 3 is 2.32 bits per heavy atom. The number of hydrogen-bond donors (Lipinski definition) is 1. The minimum Gasteiger partial charge on any atom is -0.324 e. The van der Waals surface area contributed by atoms with Gasteiger partial charge in [0.25, 0.3) is 0 Å². The van der Waals surface area contributed by atoms with Crippen molar-refractivity contribution in [2.45, 2.75) is 13.8 Å². The number of carbonyl (C=O) groups is 3. The summed E-state index contributed by atoms with van der Waals surface area (Å²) in [6.07, 6.45) is 0. The Morgan fingerprint density at radius 1 is 1.08 bits per heavy atom. The van der Waals surface area contributed by atoms with Crippen LogP contribution in [0.25, 0.3) is 0 Å². The molecule has 0 saturated carbocycles. The lowest BCUT2D eigenvalue weighted by atomic mass is 10.1. The highest BCUT2D eigenvalue weighted by Crippen LogP contribution is 2.17. The van der Waals surface area contributed by atoms with E-state index in [1.807, 2.05) is 6.07 Å². The number of hydrogen-bond acceptors (Lipinski definition) is 4. The van der Waals surface area contributed by atoms with Gasteiger partial charge in [-0.2, -0.15) is 5.26 Å². The summed E-state index contributed by atoms with van der Waals surface area (Å²) < 4.78 is 0. The average Bonchev–Trinajstić information content (AvgIpc) is 2.59. The fourth-order valence-corrected chi connectivity index (χ4v) is 2.27. The van der Waals surface area contributed by atoms with Gasteiger partial charge < -0.3 is 10.2 Å². The van der Waals surface area contributed by atoms with Crippen molar-refractivity contribution in [2.75, 3.05) is 16.8 Å². The van der Waals surface area contributed by atoms with Crippen molar-refractivity contribution in [3.05, 3.63) is 59.7 Å². The van der Waals surface area contributed by atoms with Crippen LogP contribution in [0.4, 0.5) is 11.4 Å². The van der Waals surface area contributed by atoms with E-state index in [-0.39, 0.29) is 24.1 Å². The van der Waals surface area contributed by atoms with Gasteiger partial charge in [0.1, 0.15) is 6.54 Å². The van der Waals surface area contributed by atoms with Gasteiger partial charge in [0.05, 0.1) is 11.6 Å². The third-order valence-electron chi connectivity index (χ3n) is 3.54. The highest BCUT2D eigenvalue weighted by molar-refractivity contribution is 6.02. The summed E-state index contributed by atoms with van der Waals surface area (Å²) in [5, 5.41) is 11.5. The minimum absolute atomic E-state index is 0.0731. The molecule has 0 heterocycles. The number of carbonyl (C=O) groups excluding carboxylic acids is 3. The first-order valence-corrected chi connectivity index (χ1v) is 7.60. The van der Waals surface area contributed by atoms with E-state index < -0.39 is 0 Å². The molecule has 25 heavy (non-hydrogen) atoms. The van der Waals surface area contributed by atoms with Crippen LogP contribution in [0, 0.1) is 11.3 Å². The first-order chi connectivity index (χ1) is 11.9. The molecule has 0 aliphatic heterocycles. The van der Waals surface area contributed by atoms with Gasteiger partial charge in [-0.25, -0.2) is 0 Å². The van der Waals surface area contributed by atoms with Crippen molar-refractivity contribution >= 4 is 29.0 Å². The SMILES string of the molecule is CC(=O)c1ccc(N(CC(=O)Nc2cccc(C#N)c2)C(C)=O)cc1. The van der Waals surface area contributed by atoms with Crippen molar-refractivity contribution < 1.29 is 14.4 Å². The Morgan fingerprint density at radius 2 is 1.76 bits per heavy atom. The summed E-state index contributed by atoms with van der Waals surface area (Å²) in [6.45, 7) is 2.65. The predicted octanol–water partition coefficient (Wildman–Crippen LogP) is 2.75. The number of nitriles is 1. The summed E-state index contributed by atoms with van der Waals surface area (Å²) in [7, 11) is 0. The van der Waals surface area contributed by atoms with Crippen LogP contribution in [0.2, 0.25) is 0 Å². The number of ketones is 1. The second kappa shape index (κ2) is 7.88. The molecular weight excluding hydrogens is 318 g/mol. The fourth-order valence-electron chi connectivity index (χ4n) is 2.27. The minimum atomic E-state index is -0.388. The number of anilines is 2. The largest absolute Gasteiger partial charge is 0.324 e. The maximum Gasteiger partial charge on any atom is 0.244 e. The van der Waals surface area contributed by atoms with Crippen LogP contribution in [0.15, 0.2) is 48.5 Å². The summed E-state index contributed by atoms with van der Waals surface area (Å²) in [5.74, 6) is -0.756. The van der Waals surface area contributed by atoms with Crippen LogP contribution in [-0.2, 0) is 9.59 Å². The Kier molecular flexibility index (Phi) is 5.64. The Balaban J connectivity index is 2.13. The normalized spacial score (nSPS) is 9.80. The second-order valence-electron chi connectivity index (χ2n) is 5.45. The van der Waals surface area contributed by atoms with Crippen molar-refractivity contribution in [2.24, 2.45) is 0 Å². The summed E-state index contributed by atoms with van der Waals surface area (Å²) in [5.41, 5.74) is 1.98. The fraction of sp³-hybridized carbons (Fsp3) is 0.158. The first-order valence-electron chi connectivity index (χ1n) is 7.60. The van der Waals surface area contributed by atoms with E-state index in [4.69, 9.17) is 5.26 Å². The van der Waals surface area contributed by atoms with Crippen LogP contribution >= 0.6 is 0 Å². The van der Waals surface area contributed by atoms with Gasteiger partial charge in [0, 0.05) is 23.9 Å². The van der Waals surface area contributed by atoms with E-state index in [9.17, 15) is 14.4 Å². The first kappa shape index (κ1) is 17.9. The molecule has 2 amide bonds. The van der Waals surface area contributed by atoms with E-state index >= 15 is 0 Å². The Bertz CT molecular complexity index is 851. The number of benzene rings is 2. The average molecular weight is 335 g/mol. The van der Waals surface area contributed by atoms with Gasteiger partial charge in [-0.15, -0.1) is 0 Å². The maximum absolute atomic E-state index is 12.2. The summed E-state index contributed by atoms with van der Waals surface area (Å²) >= 11 is 0. The third-order valence-corrected chi connectivity index (χ3v) is 3.54. The lowest BCUT2D eigenvalue weighted by molar-refractivity contribution is -0.120. The van der Waals surface area contributed by atoms with E-state index in [0.29, 0.717) is 22.5 Å². The Hall–Kier alpha value is -3.46. The van der Waals surface area contributed by atoms with Gasteiger partial charge in [-0.3, -0.25) is 14.4 Å². The lowest BCUT2D eigenvalue weighted by Crippen LogP contribution is -2.36. The molecule has 0 aromatic heterocycles. The molecule has 6 nitrogen and oxygen atoms in total.